The number of hydrogen-bond acceptors (Lipinski definition) is 4. The van der Waals surface area contributed by atoms with Crippen molar-refractivity contribution in [1.82, 2.24) is 14.9 Å². The third kappa shape index (κ3) is 3.54. The van der Waals surface area contributed by atoms with E-state index < -0.39 is 11.6 Å². The van der Waals surface area contributed by atoms with Gasteiger partial charge < -0.3 is 5.32 Å². The Morgan fingerprint density at radius 2 is 2.05 bits per heavy atom. The van der Waals surface area contributed by atoms with Gasteiger partial charge in [-0.1, -0.05) is 17.5 Å². The fourth-order valence-corrected chi connectivity index (χ4v) is 2.43. The van der Waals surface area contributed by atoms with Crippen LogP contribution in [-0.2, 0) is 6.42 Å². The van der Waals surface area contributed by atoms with Crippen LogP contribution in [0, 0.1) is 11.6 Å². The molecule has 1 aromatic carbocycles. The number of hydrogen-bond donors (Lipinski definition) is 1. The van der Waals surface area contributed by atoms with Crippen LogP contribution in [0.3, 0.4) is 0 Å². The molecule has 0 spiro atoms. The van der Waals surface area contributed by atoms with Gasteiger partial charge in [-0.3, -0.25) is 0 Å². The van der Waals surface area contributed by atoms with Crippen LogP contribution in [-0.4, -0.2) is 16.1 Å². The third-order valence-electron chi connectivity index (χ3n) is 2.83. The number of nitrogens with one attached hydrogen (secondary N) is 1. The normalized spacial score (nSPS) is 12.6. The lowest BCUT2D eigenvalue weighted by Gasteiger charge is -2.17. The Morgan fingerprint density at radius 3 is 2.63 bits per heavy atom. The maximum Gasteiger partial charge on any atom is 0.129 e. The molecule has 6 heteroatoms. The van der Waals surface area contributed by atoms with Crippen molar-refractivity contribution in [3.05, 3.63) is 46.5 Å². The van der Waals surface area contributed by atoms with Crippen LogP contribution in [0.1, 0.15) is 29.8 Å². The standard InChI is InChI=1S/C13H15F2N3S/c1-2-6-16-12(13-8-17-18-19-13)7-9-10(14)4-3-5-11(9)15/h3-5,8,12,16H,2,6-7H2,1H3. The van der Waals surface area contributed by atoms with Crippen molar-refractivity contribution in [1.29, 1.82) is 0 Å². The van der Waals surface area contributed by atoms with Crippen LogP contribution >= 0.6 is 11.5 Å². The minimum Gasteiger partial charge on any atom is -0.309 e. The zero-order valence-corrected chi connectivity index (χ0v) is 11.4. The van der Waals surface area contributed by atoms with Gasteiger partial charge in [0.05, 0.1) is 11.1 Å². The topological polar surface area (TPSA) is 37.8 Å². The number of benzene rings is 1. The molecule has 1 unspecified atom stereocenters. The summed E-state index contributed by atoms with van der Waals surface area (Å²) in [5.74, 6) is -1.03. The summed E-state index contributed by atoms with van der Waals surface area (Å²) in [7, 11) is 0. The second-order valence-electron chi connectivity index (χ2n) is 4.23. The Labute approximate surface area is 114 Å². The molecular weight excluding hydrogens is 268 g/mol. The lowest BCUT2D eigenvalue weighted by Crippen LogP contribution is -2.24. The minimum atomic E-state index is -0.513. The van der Waals surface area contributed by atoms with Crippen LogP contribution in [0.2, 0.25) is 0 Å². The van der Waals surface area contributed by atoms with Gasteiger partial charge in [-0.15, -0.1) is 5.10 Å². The molecular formula is C13H15F2N3S. The van der Waals surface area contributed by atoms with Gasteiger partial charge in [0.2, 0.25) is 0 Å². The first kappa shape index (κ1) is 14.0. The van der Waals surface area contributed by atoms with Crippen LogP contribution in [0.15, 0.2) is 24.4 Å². The molecule has 0 saturated carbocycles. The van der Waals surface area contributed by atoms with Crippen molar-refractivity contribution >= 4 is 11.5 Å². The highest BCUT2D eigenvalue weighted by molar-refractivity contribution is 7.05. The van der Waals surface area contributed by atoms with E-state index in [4.69, 9.17) is 0 Å². The lowest BCUT2D eigenvalue weighted by molar-refractivity contribution is 0.494. The van der Waals surface area contributed by atoms with E-state index in [2.05, 4.69) is 14.9 Å². The van der Waals surface area contributed by atoms with Crippen LogP contribution in [0.4, 0.5) is 8.78 Å². The van der Waals surface area contributed by atoms with E-state index in [0.717, 1.165) is 17.8 Å². The molecule has 2 aromatic rings. The van der Waals surface area contributed by atoms with E-state index in [1.54, 1.807) is 6.20 Å². The van der Waals surface area contributed by atoms with Crippen molar-refractivity contribution in [3.63, 3.8) is 0 Å². The van der Waals surface area contributed by atoms with E-state index in [9.17, 15) is 8.78 Å². The number of aromatic nitrogens is 2. The van der Waals surface area contributed by atoms with Crippen molar-refractivity contribution in [2.75, 3.05) is 6.54 Å². The molecule has 0 aliphatic carbocycles. The first-order chi connectivity index (χ1) is 9.22. The summed E-state index contributed by atoms with van der Waals surface area (Å²) in [5.41, 5.74) is 0.101. The highest BCUT2D eigenvalue weighted by atomic mass is 32.1. The Hall–Kier alpha value is -1.40. The summed E-state index contributed by atoms with van der Waals surface area (Å²) < 4.78 is 31.2. The number of halogens is 2. The molecule has 1 aromatic heterocycles. The second-order valence-corrected chi connectivity index (χ2v) is 5.05. The maximum absolute atomic E-state index is 13.7. The summed E-state index contributed by atoms with van der Waals surface area (Å²) in [6.45, 7) is 2.82. The molecule has 102 valence electrons. The van der Waals surface area contributed by atoms with Gasteiger partial charge in [-0.25, -0.2) is 8.78 Å². The minimum absolute atomic E-state index is 0.101. The van der Waals surface area contributed by atoms with Gasteiger partial charge in [-0.05, 0) is 43.1 Å². The predicted molar refractivity (Wildman–Crippen MR) is 71.0 cm³/mol. The smallest absolute Gasteiger partial charge is 0.129 e. The Balaban J connectivity index is 2.20. The van der Waals surface area contributed by atoms with Gasteiger partial charge in [0.1, 0.15) is 11.6 Å². The molecule has 0 aliphatic heterocycles. The summed E-state index contributed by atoms with van der Waals surface area (Å²) in [6, 6.07) is 3.77. The molecule has 1 heterocycles. The fourth-order valence-electron chi connectivity index (χ4n) is 1.85. The zero-order valence-electron chi connectivity index (χ0n) is 10.6. The monoisotopic (exact) mass is 283 g/mol. The van der Waals surface area contributed by atoms with E-state index in [-0.39, 0.29) is 18.0 Å². The van der Waals surface area contributed by atoms with Gasteiger partial charge in [-0.2, -0.15) is 0 Å². The third-order valence-corrected chi connectivity index (χ3v) is 3.61. The number of nitrogens with zero attached hydrogens (tertiary/aromatic N) is 2. The molecule has 19 heavy (non-hydrogen) atoms. The summed E-state index contributed by atoms with van der Waals surface area (Å²) in [5, 5.41) is 7.05. The lowest BCUT2D eigenvalue weighted by atomic mass is 10.0. The van der Waals surface area contributed by atoms with Gasteiger partial charge in [0, 0.05) is 11.6 Å². The van der Waals surface area contributed by atoms with Crippen LogP contribution in [0.25, 0.3) is 0 Å². The summed E-state index contributed by atoms with van der Waals surface area (Å²) in [4.78, 5) is 0.885. The van der Waals surface area contributed by atoms with Crippen LogP contribution in [0.5, 0.6) is 0 Å². The van der Waals surface area contributed by atoms with Gasteiger partial charge in [0.25, 0.3) is 0 Å². The number of rotatable bonds is 6. The summed E-state index contributed by atoms with van der Waals surface area (Å²) >= 11 is 1.24. The highest BCUT2D eigenvalue weighted by Gasteiger charge is 2.18. The second kappa shape index (κ2) is 6.68. The molecule has 3 nitrogen and oxygen atoms in total. The Bertz CT molecular complexity index is 496. The Morgan fingerprint density at radius 1 is 1.32 bits per heavy atom. The molecule has 0 saturated heterocycles. The molecule has 1 N–H and O–H groups in total. The predicted octanol–water partition coefficient (Wildman–Crippen LogP) is 3.10. The van der Waals surface area contributed by atoms with Gasteiger partial charge in [0.15, 0.2) is 0 Å². The average Bonchev–Trinajstić information content (AvgIpc) is 2.91. The molecule has 0 radical (unpaired) electrons. The molecule has 0 amide bonds. The largest absolute Gasteiger partial charge is 0.309 e. The SMILES string of the molecule is CCCNC(Cc1c(F)cccc1F)c1cnns1. The maximum atomic E-state index is 13.7. The molecule has 0 fully saturated rings. The van der Waals surface area contributed by atoms with Gasteiger partial charge >= 0.3 is 0 Å². The van der Waals surface area contributed by atoms with Crippen LogP contribution < -0.4 is 5.32 Å². The zero-order chi connectivity index (χ0) is 13.7. The fraction of sp³-hybridized carbons (Fsp3) is 0.385. The molecule has 0 aliphatic rings. The Kier molecular flexibility index (Phi) is 4.93. The van der Waals surface area contributed by atoms with Crippen molar-refractivity contribution in [2.45, 2.75) is 25.8 Å². The van der Waals surface area contributed by atoms with E-state index in [0.29, 0.717) is 0 Å². The quantitative estimate of drug-likeness (QED) is 0.885. The van der Waals surface area contributed by atoms with Crippen molar-refractivity contribution < 1.29 is 8.78 Å². The van der Waals surface area contributed by atoms with E-state index >= 15 is 0 Å². The van der Waals surface area contributed by atoms with E-state index in [1.807, 2.05) is 6.92 Å². The molecule has 2 rings (SSSR count). The average molecular weight is 283 g/mol. The van der Waals surface area contributed by atoms with Crippen molar-refractivity contribution in [2.24, 2.45) is 0 Å². The van der Waals surface area contributed by atoms with E-state index in [1.165, 1.54) is 29.7 Å². The molecule has 0 bridgehead atoms. The first-order valence-electron chi connectivity index (χ1n) is 6.16. The molecule has 1 atom stereocenters. The highest BCUT2D eigenvalue weighted by Crippen LogP contribution is 2.23. The van der Waals surface area contributed by atoms with Crippen molar-refractivity contribution in [3.8, 4) is 0 Å². The first-order valence-corrected chi connectivity index (χ1v) is 6.93. The summed E-state index contributed by atoms with van der Waals surface area (Å²) in [6.07, 6.45) is 2.83.